The van der Waals surface area contributed by atoms with Gasteiger partial charge in [-0.25, -0.2) is 0 Å². The molecule has 0 aromatic rings. The highest BCUT2D eigenvalue weighted by Gasteiger charge is 2.39. The Morgan fingerprint density at radius 1 is 1.30 bits per heavy atom. The van der Waals surface area contributed by atoms with E-state index in [2.05, 4.69) is 6.58 Å². The first-order valence-corrected chi connectivity index (χ1v) is 10.1. The summed E-state index contributed by atoms with van der Waals surface area (Å²) in [7, 11) is 0. The van der Waals surface area contributed by atoms with Gasteiger partial charge in [0.05, 0.1) is 11.7 Å². The van der Waals surface area contributed by atoms with Crippen molar-refractivity contribution in [2.24, 2.45) is 11.8 Å². The Morgan fingerprint density at radius 2 is 2.00 bits per heavy atom. The predicted octanol–water partition coefficient (Wildman–Crippen LogP) is 3.12. The van der Waals surface area contributed by atoms with Gasteiger partial charge in [0.2, 0.25) is 0 Å². The van der Waals surface area contributed by atoms with Crippen molar-refractivity contribution < 1.29 is 24.9 Å². The molecular formula is C22H36O5. The molecule has 1 aliphatic carbocycles. The average molecular weight is 381 g/mol. The molecule has 5 heteroatoms. The minimum atomic E-state index is -0.806. The summed E-state index contributed by atoms with van der Waals surface area (Å²) < 4.78 is 0. The van der Waals surface area contributed by atoms with Crippen LogP contribution in [0.4, 0.5) is 0 Å². The molecule has 154 valence electrons. The molecule has 0 aromatic heterocycles. The number of carbonyl (C=O) groups excluding carboxylic acids is 2. The molecule has 0 amide bonds. The first-order valence-electron chi connectivity index (χ1n) is 10.1. The maximum Gasteiger partial charge on any atom is 0.158 e. The summed E-state index contributed by atoms with van der Waals surface area (Å²) in [4.78, 5) is 23.3. The quantitative estimate of drug-likeness (QED) is 0.318. The largest absolute Gasteiger partial charge is 0.392 e. The molecule has 0 saturated heterocycles. The molecule has 27 heavy (non-hydrogen) atoms. The van der Waals surface area contributed by atoms with Gasteiger partial charge in [-0.3, -0.25) is 9.59 Å². The number of hydrogen-bond acceptors (Lipinski definition) is 5. The Hall–Kier alpha value is -1.30. The average Bonchev–Trinajstić information content (AvgIpc) is 2.89. The van der Waals surface area contributed by atoms with Gasteiger partial charge in [-0.15, -0.1) is 6.58 Å². The summed E-state index contributed by atoms with van der Waals surface area (Å²) in [6, 6.07) is 0. The number of Topliss-reactive ketones (excluding diaryl/α,β-unsaturated/α-hetero) is 2. The van der Waals surface area contributed by atoms with E-state index in [0.29, 0.717) is 19.3 Å². The van der Waals surface area contributed by atoms with Crippen LogP contribution in [0.3, 0.4) is 0 Å². The fourth-order valence-electron chi connectivity index (χ4n) is 3.71. The van der Waals surface area contributed by atoms with Crippen molar-refractivity contribution in [1.29, 1.82) is 0 Å². The van der Waals surface area contributed by atoms with Gasteiger partial charge in [0.1, 0.15) is 12.4 Å². The van der Waals surface area contributed by atoms with Gasteiger partial charge < -0.3 is 15.3 Å². The minimum absolute atomic E-state index is 0.117. The number of carbonyl (C=O) groups is 2. The number of ketones is 2. The van der Waals surface area contributed by atoms with Crippen LogP contribution in [0.25, 0.3) is 0 Å². The van der Waals surface area contributed by atoms with Crippen LogP contribution in [-0.4, -0.2) is 45.2 Å². The second kappa shape index (κ2) is 12.2. The van der Waals surface area contributed by atoms with Gasteiger partial charge in [-0.2, -0.15) is 0 Å². The number of aliphatic hydroxyl groups is 3. The first-order chi connectivity index (χ1) is 12.8. The Bertz CT molecular complexity index is 509. The third kappa shape index (κ3) is 8.96. The third-order valence-electron chi connectivity index (χ3n) is 5.43. The van der Waals surface area contributed by atoms with E-state index in [-0.39, 0.29) is 36.4 Å². The van der Waals surface area contributed by atoms with Gasteiger partial charge in [-0.05, 0) is 39.0 Å². The lowest BCUT2D eigenvalue weighted by molar-refractivity contribution is -0.122. The van der Waals surface area contributed by atoms with E-state index in [1.807, 2.05) is 12.2 Å². The summed E-state index contributed by atoms with van der Waals surface area (Å²) in [5, 5.41) is 29.2. The zero-order valence-electron chi connectivity index (χ0n) is 16.6. The Balaban J connectivity index is 2.43. The van der Waals surface area contributed by atoms with Gasteiger partial charge in [0.25, 0.3) is 0 Å². The molecule has 3 N–H and O–H groups in total. The lowest BCUT2D eigenvalue weighted by Gasteiger charge is -2.22. The van der Waals surface area contributed by atoms with Crippen LogP contribution in [0, 0.1) is 11.8 Å². The maximum atomic E-state index is 12.2. The van der Waals surface area contributed by atoms with Crippen LogP contribution < -0.4 is 0 Å². The molecule has 0 heterocycles. The second-order valence-electron chi connectivity index (χ2n) is 8.03. The number of unbranched alkanes of at least 4 members (excludes halogenated alkanes) is 3. The molecule has 0 aromatic carbocycles. The number of allylic oxidation sites excluding steroid dienone is 1. The molecule has 1 unspecified atom stereocenters. The Morgan fingerprint density at radius 3 is 2.67 bits per heavy atom. The van der Waals surface area contributed by atoms with Crippen molar-refractivity contribution in [3.05, 3.63) is 24.8 Å². The van der Waals surface area contributed by atoms with Crippen LogP contribution >= 0.6 is 0 Å². The molecule has 5 nitrogen and oxygen atoms in total. The summed E-state index contributed by atoms with van der Waals surface area (Å²) in [5.41, 5.74) is -0.806. The molecule has 0 radical (unpaired) electrons. The number of hydrogen-bond donors (Lipinski definition) is 3. The Labute approximate surface area is 163 Å². The van der Waals surface area contributed by atoms with Crippen LogP contribution in [0.1, 0.15) is 71.1 Å². The summed E-state index contributed by atoms with van der Waals surface area (Å²) in [5.74, 6) is -0.346. The van der Waals surface area contributed by atoms with E-state index >= 15 is 0 Å². The van der Waals surface area contributed by atoms with Crippen LogP contribution in [0.15, 0.2) is 24.8 Å². The molecule has 0 bridgehead atoms. The summed E-state index contributed by atoms with van der Waals surface area (Å²) >= 11 is 0. The minimum Gasteiger partial charge on any atom is -0.392 e. The molecule has 0 aliphatic heterocycles. The summed E-state index contributed by atoms with van der Waals surface area (Å²) in [6.45, 7) is 5.07. The van der Waals surface area contributed by atoms with Crippen LogP contribution in [0.2, 0.25) is 0 Å². The highest BCUT2D eigenvalue weighted by molar-refractivity contribution is 5.84. The maximum absolute atomic E-state index is 12.2. The van der Waals surface area contributed by atoms with Crippen molar-refractivity contribution in [3.63, 3.8) is 0 Å². The van der Waals surface area contributed by atoms with Crippen molar-refractivity contribution in [2.75, 3.05) is 6.61 Å². The highest BCUT2D eigenvalue weighted by Crippen LogP contribution is 2.34. The van der Waals surface area contributed by atoms with Crippen LogP contribution in [-0.2, 0) is 9.59 Å². The molecule has 1 rings (SSSR count). The SMILES string of the molecule is C=CCCC(C)(O)CC=C[C@H]1[C@H](O)CC(=O)[C@@H]1CCCCCCC(=O)CO. The van der Waals surface area contributed by atoms with Crippen molar-refractivity contribution in [2.45, 2.75) is 82.8 Å². The molecule has 0 spiro atoms. The fourth-order valence-corrected chi connectivity index (χ4v) is 3.71. The summed E-state index contributed by atoms with van der Waals surface area (Å²) in [6.07, 6.45) is 11.7. The number of rotatable bonds is 14. The molecular weight excluding hydrogens is 344 g/mol. The van der Waals surface area contributed by atoms with Gasteiger partial charge in [-0.1, -0.05) is 37.5 Å². The van der Waals surface area contributed by atoms with Crippen molar-refractivity contribution in [3.8, 4) is 0 Å². The lowest BCUT2D eigenvalue weighted by Crippen LogP contribution is -2.23. The van der Waals surface area contributed by atoms with Gasteiger partial charge in [0, 0.05) is 24.7 Å². The predicted molar refractivity (Wildman–Crippen MR) is 106 cm³/mol. The van der Waals surface area contributed by atoms with E-state index in [1.54, 1.807) is 13.0 Å². The van der Waals surface area contributed by atoms with E-state index in [1.165, 1.54) is 0 Å². The first kappa shape index (κ1) is 23.7. The van der Waals surface area contributed by atoms with Crippen LogP contribution in [0.5, 0.6) is 0 Å². The zero-order valence-corrected chi connectivity index (χ0v) is 16.6. The van der Waals surface area contributed by atoms with E-state index in [0.717, 1.165) is 38.5 Å². The topological polar surface area (TPSA) is 94.8 Å². The standard InChI is InChI=1S/C22H36O5/c1-3-4-13-22(2,27)14-9-12-19-18(20(25)15-21(19)26)11-8-6-5-7-10-17(24)16-23/h3,9,12,18-19,21,23,26-27H,1,4-8,10-11,13-16H2,2H3/t18-,19-,21-,22?/m1/s1. The zero-order chi connectivity index (χ0) is 20.3. The number of aliphatic hydroxyl groups excluding tert-OH is 2. The fraction of sp³-hybridized carbons (Fsp3) is 0.727. The molecule has 1 aliphatic rings. The Kier molecular flexibility index (Phi) is 10.7. The van der Waals surface area contributed by atoms with E-state index in [4.69, 9.17) is 5.11 Å². The lowest BCUT2D eigenvalue weighted by atomic mass is 9.87. The molecule has 1 fully saturated rings. The van der Waals surface area contributed by atoms with Crippen molar-refractivity contribution in [1.82, 2.24) is 0 Å². The van der Waals surface area contributed by atoms with Crippen molar-refractivity contribution >= 4 is 11.6 Å². The molecule has 1 saturated carbocycles. The van der Waals surface area contributed by atoms with E-state index < -0.39 is 11.7 Å². The van der Waals surface area contributed by atoms with Gasteiger partial charge in [0.15, 0.2) is 5.78 Å². The van der Waals surface area contributed by atoms with Gasteiger partial charge >= 0.3 is 0 Å². The second-order valence-corrected chi connectivity index (χ2v) is 8.03. The smallest absolute Gasteiger partial charge is 0.158 e. The normalized spacial score (nSPS) is 25.0. The third-order valence-corrected chi connectivity index (χ3v) is 5.43. The van der Waals surface area contributed by atoms with E-state index in [9.17, 15) is 19.8 Å². The highest BCUT2D eigenvalue weighted by atomic mass is 16.3. The molecule has 4 atom stereocenters. The monoisotopic (exact) mass is 380 g/mol.